The van der Waals surface area contributed by atoms with Gasteiger partial charge in [-0.2, -0.15) is 0 Å². The second kappa shape index (κ2) is 6.58. The highest BCUT2D eigenvalue weighted by atomic mass is 14.7. The first-order chi connectivity index (χ1) is 8.17. The van der Waals surface area contributed by atoms with Gasteiger partial charge in [-0.3, -0.25) is 4.99 Å². The molecule has 0 heterocycles. The van der Waals surface area contributed by atoms with Gasteiger partial charge in [0.1, 0.15) is 0 Å². The molecule has 0 unspecified atom stereocenters. The van der Waals surface area contributed by atoms with Crippen LogP contribution in [0.2, 0.25) is 0 Å². The van der Waals surface area contributed by atoms with Gasteiger partial charge in [0.2, 0.25) is 0 Å². The van der Waals surface area contributed by atoms with Gasteiger partial charge in [-0.05, 0) is 54.5 Å². The van der Waals surface area contributed by atoms with Crippen molar-refractivity contribution in [3.05, 3.63) is 34.4 Å². The Kier molecular flexibility index (Phi) is 5.40. The second-order valence-corrected chi connectivity index (χ2v) is 4.56. The van der Waals surface area contributed by atoms with Gasteiger partial charge in [0.05, 0.1) is 0 Å². The van der Waals surface area contributed by atoms with Crippen LogP contribution in [0.25, 0.3) is 0 Å². The lowest BCUT2D eigenvalue weighted by atomic mass is 9.92. The van der Waals surface area contributed by atoms with Crippen molar-refractivity contribution < 1.29 is 0 Å². The Balaban J connectivity index is 3.30. The van der Waals surface area contributed by atoms with E-state index in [0.29, 0.717) is 0 Å². The average Bonchev–Trinajstić information content (AvgIpc) is 2.34. The molecule has 0 aliphatic carbocycles. The molecule has 0 aliphatic rings. The van der Waals surface area contributed by atoms with E-state index in [0.717, 1.165) is 12.8 Å². The Labute approximate surface area is 106 Å². The second-order valence-electron chi connectivity index (χ2n) is 4.56. The van der Waals surface area contributed by atoms with Crippen LogP contribution in [0.15, 0.2) is 17.1 Å². The molecule has 0 radical (unpaired) electrons. The normalized spacial score (nSPS) is 11.9. The molecule has 1 heteroatoms. The highest BCUT2D eigenvalue weighted by molar-refractivity contribution is 6.01. The lowest BCUT2D eigenvalue weighted by molar-refractivity contribution is 0.909. The lowest BCUT2D eigenvalue weighted by Crippen LogP contribution is -2.06. The van der Waals surface area contributed by atoms with Crippen LogP contribution in [0.3, 0.4) is 0 Å². The summed E-state index contributed by atoms with van der Waals surface area (Å²) in [6.45, 7) is 8.87. The molecule has 0 amide bonds. The Morgan fingerprint density at radius 3 is 2.29 bits per heavy atom. The number of aliphatic imine (C=N–C) groups is 1. The van der Waals surface area contributed by atoms with Crippen LogP contribution in [0.4, 0.5) is 0 Å². The Bertz CT molecular complexity index is 402. The van der Waals surface area contributed by atoms with Gasteiger partial charge < -0.3 is 0 Å². The van der Waals surface area contributed by atoms with Crippen molar-refractivity contribution in [2.24, 2.45) is 4.99 Å². The standard InChI is InChI=1S/C16H25N/c1-6-9-14-11-15(16(8-3)17-5)13(7-2)10-12(14)4/h10-11H,6-9H2,1-5H3. The minimum Gasteiger partial charge on any atom is -0.292 e. The first-order valence-corrected chi connectivity index (χ1v) is 6.76. The van der Waals surface area contributed by atoms with Crippen LogP contribution >= 0.6 is 0 Å². The molecule has 0 atom stereocenters. The first-order valence-electron chi connectivity index (χ1n) is 6.76. The molecular weight excluding hydrogens is 206 g/mol. The molecule has 1 aromatic carbocycles. The van der Waals surface area contributed by atoms with Crippen LogP contribution in [0.1, 0.15) is 55.9 Å². The van der Waals surface area contributed by atoms with E-state index in [4.69, 9.17) is 0 Å². The summed E-state index contributed by atoms with van der Waals surface area (Å²) in [4.78, 5) is 4.43. The molecule has 0 aromatic heterocycles. The van der Waals surface area contributed by atoms with E-state index in [1.807, 2.05) is 7.05 Å². The zero-order valence-electron chi connectivity index (χ0n) is 11.9. The van der Waals surface area contributed by atoms with Crippen molar-refractivity contribution in [1.82, 2.24) is 0 Å². The van der Waals surface area contributed by atoms with Crippen molar-refractivity contribution in [1.29, 1.82) is 0 Å². The number of hydrogen-bond acceptors (Lipinski definition) is 1. The quantitative estimate of drug-likeness (QED) is 0.668. The first kappa shape index (κ1) is 14.0. The van der Waals surface area contributed by atoms with Crippen LogP contribution in [-0.2, 0) is 12.8 Å². The number of nitrogens with zero attached hydrogens (tertiary/aromatic N) is 1. The maximum absolute atomic E-state index is 4.43. The molecule has 0 N–H and O–H groups in total. The fourth-order valence-corrected chi connectivity index (χ4v) is 2.38. The summed E-state index contributed by atoms with van der Waals surface area (Å²) in [5.74, 6) is 0. The topological polar surface area (TPSA) is 12.4 Å². The maximum Gasteiger partial charge on any atom is 0.0417 e. The zero-order valence-corrected chi connectivity index (χ0v) is 11.9. The molecule has 1 nitrogen and oxygen atoms in total. The third-order valence-electron chi connectivity index (χ3n) is 3.38. The summed E-state index contributed by atoms with van der Waals surface area (Å²) in [6, 6.07) is 4.71. The molecule has 0 aliphatic heterocycles. The van der Waals surface area contributed by atoms with E-state index in [2.05, 4.69) is 44.8 Å². The maximum atomic E-state index is 4.43. The summed E-state index contributed by atoms with van der Waals surface area (Å²) in [5, 5.41) is 0. The highest BCUT2D eigenvalue weighted by Crippen LogP contribution is 2.20. The molecule has 0 saturated heterocycles. The van der Waals surface area contributed by atoms with Crippen molar-refractivity contribution in [2.75, 3.05) is 7.05 Å². The van der Waals surface area contributed by atoms with Gasteiger partial charge in [-0.1, -0.05) is 33.3 Å². The molecule has 0 saturated carbocycles. The highest BCUT2D eigenvalue weighted by Gasteiger charge is 2.09. The smallest absolute Gasteiger partial charge is 0.0417 e. The van der Waals surface area contributed by atoms with E-state index in [-0.39, 0.29) is 0 Å². The van der Waals surface area contributed by atoms with Crippen molar-refractivity contribution in [3.8, 4) is 0 Å². The number of aryl methyl sites for hydroxylation is 3. The molecule has 1 aromatic rings. The van der Waals surface area contributed by atoms with Crippen molar-refractivity contribution in [3.63, 3.8) is 0 Å². The van der Waals surface area contributed by atoms with E-state index in [1.54, 1.807) is 0 Å². The Morgan fingerprint density at radius 1 is 1.12 bits per heavy atom. The number of hydrogen-bond donors (Lipinski definition) is 0. The van der Waals surface area contributed by atoms with Crippen molar-refractivity contribution >= 4 is 5.71 Å². The summed E-state index contributed by atoms with van der Waals surface area (Å²) < 4.78 is 0. The monoisotopic (exact) mass is 231 g/mol. The molecule has 0 bridgehead atoms. The van der Waals surface area contributed by atoms with Gasteiger partial charge in [-0.15, -0.1) is 0 Å². The SMILES string of the molecule is CCCc1cc(C(CC)=NC)c(CC)cc1C. The van der Waals surface area contributed by atoms with E-state index >= 15 is 0 Å². The van der Waals surface area contributed by atoms with Crippen LogP contribution in [-0.4, -0.2) is 12.8 Å². The van der Waals surface area contributed by atoms with Gasteiger partial charge in [0, 0.05) is 12.8 Å². The molecule has 94 valence electrons. The van der Waals surface area contributed by atoms with Crippen LogP contribution < -0.4 is 0 Å². The Hall–Kier alpha value is -1.11. The lowest BCUT2D eigenvalue weighted by Gasteiger charge is -2.14. The predicted molar refractivity (Wildman–Crippen MR) is 77.3 cm³/mol. The van der Waals surface area contributed by atoms with E-state index in [1.165, 1.54) is 40.8 Å². The zero-order chi connectivity index (χ0) is 12.8. The van der Waals surface area contributed by atoms with E-state index in [9.17, 15) is 0 Å². The molecule has 0 fully saturated rings. The number of benzene rings is 1. The minimum atomic E-state index is 1.01. The van der Waals surface area contributed by atoms with Gasteiger partial charge in [0.15, 0.2) is 0 Å². The largest absolute Gasteiger partial charge is 0.292 e. The number of rotatable bonds is 5. The average molecular weight is 231 g/mol. The molecule has 17 heavy (non-hydrogen) atoms. The molecule has 1 rings (SSSR count). The fraction of sp³-hybridized carbons (Fsp3) is 0.562. The van der Waals surface area contributed by atoms with Gasteiger partial charge in [-0.25, -0.2) is 0 Å². The van der Waals surface area contributed by atoms with Crippen LogP contribution in [0, 0.1) is 6.92 Å². The van der Waals surface area contributed by atoms with E-state index < -0.39 is 0 Å². The summed E-state index contributed by atoms with van der Waals surface area (Å²) in [7, 11) is 1.90. The summed E-state index contributed by atoms with van der Waals surface area (Å²) in [6.07, 6.45) is 4.47. The fourth-order valence-electron chi connectivity index (χ4n) is 2.38. The summed E-state index contributed by atoms with van der Waals surface area (Å²) in [5.41, 5.74) is 6.95. The molecular formula is C16H25N. The van der Waals surface area contributed by atoms with Gasteiger partial charge in [0.25, 0.3) is 0 Å². The predicted octanol–water partition coefficient (Wildman–Crippen LogP) is 4.34. The van der Waals surface area contributed by atoms with Crippen molar-refractivity contribution in [2.45, 2.75) is 53.4 Å². The third-order valence-corrected chi connectivity index (χ3v) is 3.38. The molecule has 0 spiro atoms. The summed E-state index contributed by atoms with van der Waals surface area (Å²) >= 11 is 0. The minimum absolute atomic E-state index is 1.01. The van der Waals surface area contributed by atoms with Gasteiger partial charge >= 0.3 is 0 Å². The van der Waals surface area contributed by atoms with Crippen LogP contribution in [0.5, 0.6) is 0 Å². The Morgan fingerprint density at radius 2 is 1.82 bits per heavy atom. The third kappa shape index (κ3) is 3.18.